The third-order valence-electron chi connectivity index (χ3n) is 3.76. The lowest BCUT2D eigenvalue weighted by molar-refractivity contribution is 0.0724. The summed E-state index contributed by atoms with van der Waals surface area (Å²) in [6, 6.07) is 23.4. The van der Waals surface area contributed by atoms with Crippen molar-refractivity contribution in [3.8, 4) is 6.07 Å². The lowest BCUT2D eigenvalue weighted by atomic mass is 10.1. The highest BCUT2D eigenvalue weighted by Gasteiger charge is 2.18. The van der Waals surface area contributed by atoms with Gasteiger partial charge in [0.15, 0.2) is 0 Å². The van der Waals surface area contributed by atoms with E-state index in [0.29, 0.717) is 24.3 Å². The van der Waals surface area contributed by atoms with E-state index in [1.54, 1.807) is 17.2 Å². The minimum absolute atomic E-state index is 0.121. The van der Waals surface area contributed by atoms with Crippen LogP contribution in [0, 0.1) is 11.3 Å². The van der Waals surface area contributed by atoms with E-state index in [-0.39, 0.29) is 5.91 Å². The average Bonchev–Trinajstić information content (AvgIpc) is 3.11. The predicted molar refractivity (Wildman–Crippen MR) is 92.0 cm³/mol. The van der Waals surface area contributed by atoms with Crippen molar-refractivity contribution in [2.75, 3.05) is 0 Å². The molecule has 1 amide bonds. The number of carbonyl (C=O) groups excluding carboxylic acids is 1. The van der Waals surface area contributed by atoms with Crippen molar-refractivity contribution >= 4 is 5.91 Å². The van der Waals surface area contributed by atoms with E-state index in [2.05, 4.69) is 4.98 Å². The van der Waals surface area contributed by atoms with Crippen LogP contribution in [0.15, 0.2) is 72.9 Å². The summed E-state index contributed by atoms with van der Waals surface area (Å²) in [5.74, 6) is -0.121. The van der Waals surface area contributed by atoms with E-state index in [1.165, 1.54) is 0 Å². The maximum Gasteiger partial charge on any atom is 0.270 e. The molecule has 4 heteroatoms. The number of aromatic amines is 1. The van der Waals surface area contributed by atoms with Gasteiger partial charge in [0.25, 0.3) is 5.91 Å². The number of nitrogens with zero attached hydrogens (tertiary/aromatic N) is 2. The first kappa shape index (κ1) is 15.6. The van der Waals surface area contributed by atoms with Crippen LogP contribution in [0.2, 0.25) is 0 Å². The van der Waals surface area contributed by atoms with E-state index >= 15 is 0 Å². The van der Waals surface area contributed by atoms with E-state index in [0.717, 1.165) is 11.1 Å². The van der Waals surface area contributed by atoms with Crippen molar-refractivity contribution in [3.63, 3.8) is 0 Å². The summed E-state index contributed by atoms with van der Waals surface area (Å²) in [5.41, 5.74) is 3.01. The Morgan fingerprint density at radius 3 is 1.96 bits per heavy atom. The van der Waals surface area contributed by atoms with Crippen LogP contribution in [0.5, 0.6) is 0 Å². The molecule has 1 aromatic heterocycles. The molecule has 3 rings (SSSR count). The van der Waals surface area contributed by atoms with Gasteiger partial charge in [0.1, 0.15) is 11.8 Å². The van der Waals surface area contributed by atoms with Crippen LogP contribution in [0.1, 0.15) is 27.2 Å². The van der Waals surface area contributed by atoms with Crippen LogP contribution in [0.4, 0.5) is 0 Å². The van der Waals surface area contributed by atoms with E-state index < -0.39 is 0 Å². The molecule has 0 atom stereocenters. The normalized spacial score (nSPS) is 10.1. The number of hydrogen-bond donors (Lipinski definition) is 1. The van der Waals surface area contributed by atoms with Gasteiger partial charge in [-0.15, -0.1) is 0 Å². The molecule has 1 N–H and O–H groups in total. The Balaban J connectivity index is 1.86. The van der Waals surface area contributed by atoms with Gasteiger partial charge in [-0.1, -0.05) is 60.7 Å². The zero-order valence-corrected chi connectivity index (χ0v) is 13.1. The van der Waals surface area contributed by atoms with Crippen molar-refractivity contribution in [2.24, 2.45) is 0 Å². The summed E-state index contributed by atoms with van der Waals surface area (Å²) in [5, 5.41) is 8.95. The maximum absolute atomic E-state index is 12.9. The van der Waals surface area contributed by atoms with Gasteiger partial charge in [-0.3, -0.25) is 4.79 Å². The molecule has 2 aromatic carbocycles. The number of amides is 1. The van der Waals surface area contributed by atoms with Crippen LogP contribution >= 0.6 is 0 Å². The Morgan fingerprint density at radius 2 is 1.50 bits per heavy atom. The second-order valence-corrected chi connectivity index (χ2v) is 5.55. The molecule has 0 radical (unpaired) electrons. The second-order valence-electron chi connectivity index (χ2n) is 5.55. The second kappa shape index (κ2) is 7.30. The van der Waals surface area contributed by atoms with Gasteiger partial charge >= 0.3 is 0 Å². The summed E-state index contributed by atoms with van der Waals surface area (Å²) >= 11 is 0. The number of aromatic nitrogens is 1. The van der Waals surface area contributed by atoms with Crippen molar-refractivity contribution in [2.45, 2.75) is 13.1 Å². The van der Waals surface area contributed by atoms with Gasteiger partial charge in [0.2, 0.25) is 0 Å². The van der Waals surface area contributed by atoms with E-state index in [4.69, 9.17) is 5.26 Å². The molecule has 0 aliphatic rings. The molecule has 0 bridgehead atoms. The number of carbonyl (C=O) groups is 1. The molecular formula is C20H17N3O. The molecular weight excluding hydrogens is 298 g/mol. The maximum atomic E-state index is 12.9. The number of H-pyrrole nitrogens is 1. The Bertz CT molecular complexity index is 806. The first-order valence-corrected chi connectivity index (χ1v) is 7.72. The van der Waals surface area contributed by atoms with Gasteiger partial charge in [0, 0.05) is 19.3 Å². The largest absolute Gasteiger partial charge is 0.356 e. The standard InChI is InChI=1S/C20H17N3O/c21-12-18-11-19(22-13-18)20(24)23(14-16-7-3-1-4-8-16)15-17-9-5-2-6-10-17/h1-11,13,22H,14-15H2. The predicted octanol–water partition coefficient (Wildman–Crippen LogP) is 3.73. The van der Waals surface area contributed by atoms with Crippen LogP contribution < -0.4 is 0 Å². The minimum atomic E-state index is -0.121. The molecule has 24 heavy (non-hydrogen) atoms. The molecule has 3 aromatic rings. The fourth-order valence-electron chi connectivity index (χ4n) is 2.56. The average molecular weight is 315 g/mol. The van der Waals surface area contributed by atoms with Gasteiger partial charge < -0.3 is 9.88 Å². The molecule has 0 aliphatic carbocycles. The minimum Gasteiger partial charge on any atom is -0.356 e. The zero-order valence-electron chi connectivity index (χ0n) is 13.1. The SMILES string of the molecule is N#Cc1c[nH]c(C(=O)N(Cc2ccccc2)Cc2ccccc2)c1. The van der Waals surface area contributed by atoms with Gasteiger partial charge in [-0.05, 0) is 17.2 Å². The van der Waals surface area contributed by atoms with Crippen LogP contribution in [0.3, 0.4) is 0 Å². The number of nitrogens with one attached hydrogen (secondary N) is 1. The molecule has 0 fully saturated rings. The summed E-state index contributed by atoms with van der Waals surface area (Å²) in [7, 11) is 0. The first-order valence-electron chi connectivity index (χ1n) is 7.72. The molecule has 1 heterocycles. The number of rotatable bonds is 5. The van der Waals surface area contributed by atoms with Gasteiger partial charge in [-0.25, -0.2) is 0 Å². The molecule has 0 spiro atoms. The first-order chi connectivity index (χ1) is 11.8. The molecule has 118 valence electrons. The highest BCUT2D eigenvalue weighted by Crippen LogP contribution is 2.14. The summed E-state index contributed by atoms with van der Waals surface area (Å²) in [6.45, 7) is 1.02. The molecule has 0 aliphatic heterocycles. The Kier molecular flexibility index (Phi) is 4.73. The monoisotopic (exact) mass is 315 g/mol. The summed E-state index contributed by atoms with van der Waals surface area (Å²) in [6.07, 6.45) is 1.55. The van der Waals surface area contributed by atoms with Crippen molar-refractivity contribution in [3.05, 3.63) is 95.3 Å². The lowest BCUT2D eigenvalue weighted by Crippen LogP contribution is -2.30. The van der Waals surface area contributed by atoms with Crippen LogP contribution in [-0.2, 0) is 13.1 Å². The van der Waals surface area contributed by atoms with Crippen molar-refractivity contribution in [1.82, 2.24) is 9.88 Å². The Labute approximate surface area is 141 Å². The zero-order chi connectivity index (χ0) is 16.8. The van der Waals surface area contributed by atoms with Crippen molar-refractivity contribution in [1.29, 1.82) is 5.26 Å². The third-order valence-corrected chi connectivity index (χ3v) is 3.76. The topological polar surface area (TPSA) is 59.9 Å². The number of benzene rings is 2. The number of hydrogen-bond acceptors (Lipinski definition) is 2. The van der Waals surface area contributed by atoms with Gasteiger partial charge in [0.05, 0.1) is 5.56 Å². The number of nitriles is 1. The Morgan fingerprint density at radius 1 is 0.958 bits per heavy atom. The van der Waals surface area contributed by atoms with E-state index in [9.17, 15) is 4.79 Å². The lowest BCUT2D eigenvalue weighted by Gasteiger charge is -2.22. The van der Waals surface area contributed by atoms with Crippen LogP contribution in [-0.4, -0.2) is 15.8 Å². The van der Waals surface area contributed by atoms with Crippen LogP contribution in [0.25, 0.3) is 0 Å². The quantitative estimate of drug-likeness (QED) is 0.780. The Hall–Kier alpha value is -3.32. The third kappa shape index (κ3) is 3.71. The summed E-state index contributed by atoms with van der Waals surface area (Å²) < 4.78 is 0. The molecule has 0 unspecified atom stereocenters. The molecule has 0 saturated heterocycles. The molecule has 0 saturated carbocycles. The van der Waals surface area contributed by atoms with Gasteiger partial charge in [-0.2, -0.15) is 5.26 Å². The fourth-order valence-corrected chi connectivity index (χ4v) is 2.56. The molecule has 4 nitrogen and oxygen atoms in total. The van der Waals surface area contributed by atoms with E-state index in [1.807, 2.05) is 66.7 Å². The fraction of sp³-hybridized carbons (Fsp3) is 0.100. The highest BCUT2D eigenvalue weighted by molar-refractivity contribution is 5.92. The summed E-state index contributed by atoms with van der Waals surface area (Å²) in [4.78, 5) is 17.5. The van der Waals surface area contributed by atoms with Crippen molar-refractivity contribution < 1.29 is 4.79 Å². The highest BCUT2D eigenvalue weighted by atomic mass is 16.2. The smallest absolute Gasteiger partial charge is 0.270 e.